The molecule has 1 aromatic rings. The second-order valence-corrected chi connectivity index (χ2v) is 2.05. The monoisotopic (exact) mass is 152 g/mol. The summed E-state index contributed by atoms with van der Waals surface area (Å²) < 4.78 is 0.938. The predicted octanol–water partition coefficient (Wildman–Crippen LogP) is -0.402. The van der Waals surface area contributed by atoms with Crippen LogP contribution in [0.15, 0.2) is 16.0 Å². The van der Waals surface area contributed by atoms with E-state index in [0.717, 1.165) is 4.68 Å². The zero-order valence-corrected chi connectivity index (χ0v) is 6.11. The van der Waals surface area contributed by atoms with E-state index in [1.807, 2.05) is 0 Å². The summed E-state index contributed by atoms with van der Waals surface area (Å²) in [4.78, 5) is 14.8. The minimum Gasteiger partial charge on any atom is -0.368 e. The Morgan fingerprint density at radius 1 is 1.82 bits per heavy atom. The molecule has 11 heavy (non-hydrogen) atoms. The lowest BCUT2D eigenvalue weighted by molar-refractivity contribution is 0.813. The van der Waals surface area contributed by atoms with Crippen LogP contribution in [0.3, 0.4) is 0 Å². The molecule has 0 fully saturated rings. The van der Waals surface area contributed by atoms with Gasteiger partial charge in [0.25, 0.3) is 5.56 Å². The van der Waals surface area contributed by atoms with Crippen molar-refractivity contribution in [2.24, 2.45) is 5.10 Å². The van der Waals surface area contributed by atoms with Gasteiger partial charge in [0, 0.05) is 18.5 Å². The van der Waals surface area contributed by atoms with E-state index >= 15 is 0 Å². The summed E-state index contributed by atoms with van der Waals surface area (Å²) >= 11 is 0. The first-order valence-corrected chi connectivity index (χ1v) is 2.98. The van der Waals surface area contributed by atoms with E-state index in [1.165, 1.54) is 6.07 Å². The normalized spacial score (nSPS) is 9.55. The van der Waals surface area contributed by atoms with Crippen molar-refractivity contribution in [3.63, 3.8) is 0 Å². The van der Waals surface area contributed by atoms with Crippen molar-refractivity contribution in [3.8, 4) is 0 Å². The number of hydrogen-bond donors (Lipinski definition) is 1. The maximum Gasteiger partial charge on any atom is 0.275 e. The van der Waals surface area contributed by atoms with E-state index in [4.69, 9.17) is 5.73 Å². The fourth-order valence-electron chi connectivity index (χ4n) is 0.755. The molecule has 0 saturated carbocycles. The standard InChI is InChI=1S/C6H8N4O/c1-4-3-5(11)10(8-2)6(7)9-4/h3H,2H2,1H3,(H2,7,9). The van der Waals surface area contributed by atoms with Gasteiger partial charge in [0.1, 0.15) is 0 Å². The fraction of sp³-hybridized carbons (Fsp3) is 0.167. The molecule has 0 aliphatic carbocycles. The molecule has 0 saturated heterocycles. The number of nitrogens with two attached hydrogens (primary N) is 1. The second kappa shape index (κ2) is 2.53. The fourth-order valence-corrected chi connectivity index (χ4v) is 0.755. The van der Waals surface area contributed by atoms with Crippen LogP contribution in [0.1, 0.15) is 5.69 Å². The van der Waals surface area contributed by atoms with Crippen LogP contribution in [-0.2, 0) is 0 Å². The van der Waals surface area contributed by atoms with E-state index in [1.54, 1.807) is 6.92 Å². The maximum absolute atomic E-state index is 11.0. The van der Waals surface area contributed by atoms with E-state index in [-0.39, 0.29) is 11.5 Å². The van der Waals surface area contributed by atoms with Crippen molar-refractivity contribution in [2.45, 2.75) is 6.92 Å². The van der Waals surface area contributed by atoms with Crippen molar-refractivity contribution >= 4 is 12.7 Å². The first kappa shape index (κ1) is 7.46. The third-order valence-electron chi connectivity index (χ3n) is 1.19. The molecule has 0 amide bonds. The average Bonchev–Trinajstić information content (AvgIpc) is 1.85. The lowest BCUT2D eigenvalue weighted by atomic mass is 10.4. The highest BCUT2D eigenvalue weighted by atomic mass is 16.1. The molecule has 0 unspecified atom stereocenters. The number of hydrogen-bond acceptors (Lipinski definition) is 4. The first-order valence-electron chi connectivity index (χ1n) is 2.98. The Morgan fingerprint density at radius 3 is 2.91 bits per heavy atom. The molecular weight excluding hydrogens is 144 g/mol. The van der Waals surface area contributed by atoms with E-state index in [0.29, 0.717) is 5.69 Å². The molecule has 58 valence electrons. The molecule has 0 aromatic carbocycles. The summed E-state index contributed by atoms with van der Waals surface area (Å²) in [5.41, 5.74) is 5.61. The van der Waals surface area contributed by atoms with Crippen molar-refractivity contribution in [1.82, 2.24) is 9.66 Å². The van der Waals surface area contributed by atoms with Gasteiger partial charge in [-0.1, -0.05) is 0 Å². The predicted molar refractivity (Wildman–Crippen MR) is 42.6 cm³/mol. The van der Waals surface area contributed by atoms with Gasteiger partial charge in [-0.05, 0) is 6.92 Å². The molecule has 1 aromatic heterocycles. The summed E-state index contributed by atoms with van der Waals surface area (Å²) in [6.07, 6.45) is 0. The maximum atomic E-state index is 11.0. The lowest BCUT2D eigenvalue weighted by Crippen LogP contribution is -2.20. The molecule has 0 aliphatic heterocycles. The van der Waals surface area contributed by atoms with Crippen molar-refractivity contribution in [2.75, 3.05) is 5.73 Å². The Morgan fingerprint density at radius 2 is 2.45 bits per heavy atom. The molecule has 0 bridgehead atoms. The zero-order valence-electron chi connectivity index (χ0n) is 6.11. The topological polar surface area (TPSA) is 73.3 Å². The number of aryl methyl sites for hydroxylation is 1. The minimum absolute atomic E-state index is 0.0602. The Hall–Kier alpha value is -1.65. The van der Waals surface area contributed by atoms with Gasteiger partial charge in [-0.3, -0.25) is 4.79 Å². The molecule has 5 nitrogen and oxygen atoms in total. The van der Waals surface area contributed by atoms with E-state index in [2.05, 4.69) is 16.8 Å². The average molecular weight is 152 g/mol. The summed E-state index contributed by atoms with van der Waals surface area (Å²) in [5.74, 6) is 0.0602. The van der Waals surface area contributed by atoms with E-state index in [9.17, 15) is 4.79 Å². The molecule has 1 rings (SSSR count). The molecule has 1 heterocycles. The van der Waals surface area contributed by atoms with Gasteiger partial charge in [-0.2, -0.15) is 9.78 Å². The van der Waals surface area contributed by atoms with Crippen LogP contribution in [0.25, 0.3) is 0 Å². The summed E-state index contributed by atoms with van der Waals surface area (Å²) in [6, 6.07) is 1.34. The Bertz CT molecular complexity index is 341. The van der Waals surface area contributed by atoms with Crippen LogP contribution in [0.4, 0.5) is 5.95 Å². The zero-order chi connectivity index (χ0) is 8.43. The quantitative estimate of drug-likeness (QED) is 0.556. The molecule has 0 radical (unpaired) electrons. The first-order chi connectivity index (χ1) is 5.15. The van der Waals surface area contributed by atoms with Crippen LogP contribution < -0.4 is 11.3 Å². The lowest BCUT2D eigenvalue weighted by Gasteiger charge is -2.00. The number of rotatable bonds is 1. The molecule has 0 atom stereocenters. The third kappa shape index (κ3) is 1.26. The van der Waals surface area contributed by atoms with Gasteiger partial charge in [-0.25, -0.2) is 4.98 Å². The van der Waals surface area contributed by atoms with Gasteiger partial charge < -0.3 is 5.73 Å². The number of anilines is 1. The molecule has 0 aliphatic rings. The molecule has 2 N–H and O–H groups in total. The highest BCUT2D eigenvalue weighted by Crippen LogP contribution is 1.93. The van der Waals surface area contributed by atoms with Gasteiger partial charge >= 0.3 is 0 Å². The number of nitrogen functional groups attached to an aromatic ring is 1. The van der Waals surface area contributed by atoms with Gasteiger partial charge in [0.2, 0.25) is 5.95 Å². The van der Waals surface area contributed by atoms with E-state index < -0.39 is 0 Å². The van der Waals surface area contributed by atoms with Crippen LogP contribution >= 0.6 is 0 Å². The third-order valence-corrected chi connectivity index (χ3v) is 1.19. The van der Waals surface area contributed by atoms with Gasteiger partial charge in [0.15, 0.2) is 0 Å². The molecule has 0 spiro atoms. The Balaban J connectivity index is 3.49. The number of nitrogens with zero attached hydrogens (tertiary/aromatic N) is 3. The summed E-state index contributed by atoms with van der Waals surface area (Å²) in [7, 11) is 0. The largest absolute Gasteiger partial charge is 0.368 e. The molecular formula is C6H8N4O. The van der Waals surface area contributed by atoms with Crippen LogP contribution in [0.2, 0.25) is 0 Å². The van der Waals surface area contributed by atoms with Crippen molar-refractivity contribution < 1.29 is 0 Å². The number of aromatic nitrogens is 2. The Labute approximate surface area is 63.2 Å². The Kier molecular flexibility index (Phi) is 1.72. The molecule has 5 heteroatoms. The summed E-state index contributed by atoms with van der Waals surface area (Å²) in [6.45, 7) is 4.86. The summed E-state index contributed by atoms with van der Waals surface area (Å²) in [5, 5.41) is 3.38. The van der Waals surface area contributed by atoms with Gasteiger partial charge in [-0.15, -0.1) is 0 Å². The second-order valence-electron chi connectivity index (χ2n) is 2.05. The highest BCUT2D eigenvalue weighted by Gasteiger charge is 1.99. The SMILES string of the molecule is C=Nn1c(N)nc(C)cc1=O. The van der Waals surface area contributed by atoms with Crippen molar-refractivity contribution in [3.05, 3.63) is 22.1 Å². The van der Waals surface area contributed by atoms with Crippen LogP contribution in [-0.4, -0.2) is 16.4 Å². The van der Waals surface area contributed by atoms with Crippen LogP contribution in [0, 0.1) is 6.92 Å². The minimum atomic E-state index is -0.315. The van der Waals surface area contributed by atoms with Gasteiger partial charge in [0.05, 0.1) is 0 Å². The smallest absolute Gasteiger partial charge is 0.275 e. The van der Waals surface area contributed by atoms with Crippen molar-refractivity contribution in [1.29, 1.82) is 0 Å². The van der Waals surface area contributed by atoms with Crippen LogP contribution in [0.5, 0.6) is 0 Å². The highest BCUT2D eigenvalue weighted by molar-refractivity contribution is 5.27.